The van der Waals surface area contributed by atoms with Crippen LogP contribution in [0.3, 0.4) is 0 Å². The highest BCUT2D eigenvalue weighted by molar-refractivity contribution is 6.46. The van der Waals surface area contributed by atoms with E-state index in [1.165, 1.54) is 0 Å². The third kappa shape index (κ3) is 5.93. The molecule has 1 aliphatic heterocycles. The zero-order valence-corrected chi connectivity index (χ0v) is 17.2. The first-order valence-electron chi connectivity index (χ1n) is 10.5. The van der Waals surface area contributed by atoms with Crippen molar-refractivity contribution in [1.82, 2.24) is 10.6 Å². The van der Waals surface area contributed by atoms with E-state index >= 15 is 0 Å². The van der Waals surface area contributed by atoms with Gasteiger partial charge in [0.15, 0.2) is 0 Å². The molecule has 0 unspecified atom stereocenters. The molecule has 7 N–H and O–H groups in total. The topological polar surface area (TPSA) is 146 Å². The van der Waals surface area contributed by atoms with E-state index in [4.69, 9.17) is 20.2 Å². The fourth-order valence-corrected chi connectivity index (χ4v) is 4.26. The van der Waals surface area contributed by atoms with Gasteiger partial charge in [-0.1, -0.05) is 18.2 Å². The van der Waals surface area contributed by atoms with Crippen LogP contribution in [-0.4, -0.2) is 65.7 Å². The van der Waals surface area contributed by atoms with E-state index in [1.807, 2.05) is 12.1 Å². The van der Waals surface area contributed by atoms with Crippen molar-refractivity contribution in [2.75, 3.05) is 19.9 Å². The molecule has 10 heteroatoms. The van der Waals surface area contributed by atoms with Crippen LogP contribution in [0.15, 0.2) is 18.2 Å². The lowest BCUT2D eigenvalue weighted by molar-refractivity contribution is -0.128. The molecular weight excluding hydrogens is 389 g/mol. The number of hydrogen-bond donors (Lipinski definition) is 6. The predicted octanol–water partition coefficient (Wildman–Crippen LogP) is -0.795. The number of nitrogens with one attached hydrogen (secondary N) is 2. The monoisotopic (exact) mass is 421 g/mol. The molecule has 1 amide bonds. The first kappa shape index (κ1) is 23.0. The van der Waals surface area contributed by atoms with Crippen LogP contribution in [0.1, 0.15) is 43.2 Å². The number of carbonyl (C=O) groups is 1. The van der Waals surface area contributed by atoms with Crippen molar-refractivity contribution < 1.29 is 29.4 Å². The minimum atomic E-state index is -1.21. The van der Waals surface area contributed by atoms with E-state index in [0.717, 1.165) is 30.5 Å². The van der Waals surface area contributed by atoms with Crippen molar-refractivity contribution in [2.24, 2.45) is 5.73 Å². The van der Waals surface area contributed by atoms with Crippen LogP contribution >= 0.6 is 0 Å². The number of benzene rings is 1. The first-order chi connectivity index (χ1) is 14.4. The number of rotatable bonds is 9. The number of aliphatic hydroxyl groups is 2. The van der Waals surface area contributed by atoms with Gasteiger partial charge in [-0.25, -0.2) is 0 Å². The van der Waals surface area contributed by atoms with E-state index in [0.29, 0.717) is 37.6 Å². The highest BCUT2D eigenvalue weighted by Crippen LogP contribution is 2.32. The minimum absolute atomic E-state index is 0.00291. The lowest BCUT2D eigenvalue weighted by atomic mass is 9.72. The SMILES string of the molecule is NCCNC1CCC(O)(CC(=O)N[C@H]2Cc3cccc(COCO)c3OB2O)CC1. The minimum Gasteiger partial charge on any atom is -0.534 e. The summed E-state index contributed by atoms with van der Waals surface area (Å²) in [6, 6.07) is 5.83. The number of nitrogens with two attached hydrogens (primary N) is 1. The van der Waals surface area contributed by atoms with E-state index in [2.05, 4.69) is 10.6 Å². The molecule has 1 aromatic rings. The van der Waals surface area contributed by atoms with Gasteiger partial charge in [-0.3, -0.25) is 4.79 Å². The van der Waals surface area contributed by atoms with Crippen molar-refractivity contribution in [3.63, 3.8) is 0 Å². The average molecular weight is 421 g/mol. The Morgan fingerprint density at radius 1 is 1.37 bits per heavy atom. The van der Waals surface area contributed by atoms with E-state index in [9.17, 15) is 14.9 Å². The van der Waals surface area contributed by atoms with Gasteiger partial charge in [-0.2, -0.15) is 0 Å². The molecule has 0 spiro atoms. The van der Waals surface area contributed by atoms with Crippen molar-refractivity contribution in [3.8, 4) is 5.75 Å². The van der Waals surface area contributed by atoms with Crippen LogP contribution in [-0.2, 0) is 22.6 Å². The van der Waals surface area contributed by atoms with Gasteiger partial charge < -0.3 is 41.0 Å². The smallest absolute Gasteiger partial charge is 0.534 e. The molecule has 0 aromatic heterocycles. The number of carbonyl (C=O) groups excluding carboxylic acids is 1. The zero-order valence-electron chi connectivity index (χ0n) is 17.2. The summed E-state index contributed by atoms with van der Waals surface area (Å²) in [6.45, 7) is 1.09. The summed E-state index contributed by atoms with van der Waals surface area (Å²) in [4.78, 5) is 12.6. The third-order valence-electron chi connectivity index (χ3n) is 5.88. The maximum absolute atomic E-state index is 12.6. The van der Waals surface area contributed by atoms with E-state index in [-0.39, 0.29) is 18.9 Å². The van der Waals surface area contributed by atoms with Gasteiger partial charge in [-0.05, 0) is 37.7 Å². The summed E-state index contributed by atoms with van der Waals surface area (Å²) >= 11 is 0. The highest BCUT2D eigenvalue weighted by Gasteiger charge is 2.39. The summed E-state index contributed by atoms with van der Waals surface area (Å²) in [5.41, 5.74) is 6.05. The Labute approximate surface area is 177 Å². The lowest BCUT2D eigenvalue weighted by Gasteiger charge is -2.36. The summed E-state index contributed by atoms with van der Waals surface area (Å²) in [5, 5.41) is 36.2. The first-order valence-corrected chi connectivity index (χ1v) is 10.5. The molecule has 1 aromatic carbocycles. The molecule has 9 nitrogen and oxygen atoms in total. The Hall–Kier alpha value is -1.69. The van der Waals surface area contributed by atoms with Crippen molar-refractivity contribution in [2.45, 2.75) is 62.7 Å². The fraction of sp³-hybridized carbons (Fsp3) is 0.650. The van der Waals surface area contributed by atoms with Crippen LogP contribution in [0.4, 0.5) is 0 Å². The summed E-state index contributed by atoms with van der Waals surface area (Å²) in [6.07, 6.45) is 3.08. The quantitative estimate of drug-likeness (QED) is 0.225. The Balaban J connectivity index is 1.54. The number of ether oxygens (including phenoxy) is 1. The molecular formula is C20H32BN3O6. The summed E-state index contributed by atoms with van der Waals surface area (Å²) in [7, 11) is -1.21. The number of aliphatic hydroxyl groups excluding tert-OH is 1. The Morgan fingerprint density at radius 2 is 2.13 bits per heavy atom. The van der Waals surface area contributed by atoms with Gasteiger partial charge in [0.1, 0.15) is 12.5 Å². The maximum atomic E-state index is 12.6. The van der Waals surface area contributed by atoms with Gasteiger partial charge in [0, 0.05) is 24.7 Å². The van der Waals surface area contributed by atoms with Crippen LogP contribution in [0.5, 0.6) is 5.75 Å². The maximum Gasteiger partial charge on any atom is 0.547 e. The van der Waals surface area contributed by atoms with Gasteiger partial charge in [0.05, 0.1) is 24.6 Å². The molecule has 0 bridgehead atoms. The van der Waals surface area contributed by atoms with Gasteiger partial charge >= 0.3 is 7.12 Å². The molecule has 1 aliphatic carbocycles. The van der Waals surface area contributed by atoms with Gasteiger partial charge in [0.25, 0.3) is 0 Å². The molecule has 0 radical (unpaired) electrons. The molecule has 1 saturated carbocycles. The van der Waals surface area contributed by atoms with Crippen molar-refractivity contribution in [3.05, 3.63) is 29.3 Å². The molecule has 30 heavy (non-hydrogen) atoms. The van der Waals surface area contributed by atoms with Crippen LogP contribution in [0.25, 0.3) is 0 Å². The Kier molecular flexibility index (Phi) is 8.09. The van der Waals surface area contributed by atoms with Crippen molar-refractivity contribution in [1.29, 1.82) is 0 Å². The second-order valence-corrected chi connectivity index (χ2v) is 8.19. The Morgan fingerprint density at radius 3 is 2.83 bits per heavy atom. The van der Waals surface area contributed by atoms with E-state index in [1.54, 1.807) is 6.07 Å². The average Bonchev–Trinajstić information content (AvgIpc) is 2.72. The second kappa shape index (κ2) is 10.6. The largest absolute Gasteiger partial charge is 0.547 e. The lowest BCUT2D eigenvalue weighted by Crippen LogP contribution is -2.54. The standard InChI is InChI=1S/C20H32BN3O6/c22-8-9-23-16-4-6-20(27,7-5-16)11-18(26)24-17-10-14-2-1-3-15(12-29-13-25)19(14)30-21(17)28/h1-3,16-17,23,25,27-28H,4-13,22H2,(H,24,26)/t16?,17-,20?/m0/s1. The van der Waals surface area contributed by atoms with Crippen LogP contribution in [0.2, 0.25) is 0 Å². The van der Waals surface area contributed by atoms with Gasteiger partial charge in [-0.15, -0.1) is 0 Å². The number of amides is 1. The van der Waals surface area contributed by atoms with Crippen LogP contribution in [0, 0.1) is 0 Å². The number of hydrogen-bond acceptors (Lipinski definition) is 8. The highest BCUT2D eigenvalue weighted by atomic mass is 16.6. The molecule has 1 fully saturated rings. The molecule has 166 valence electrons. The molecule has 1 atom stereocenters. The van der Waals surface area contributed by atoms with Crippen molar-refractivity contribution >= 4 is 13.0 Å². The van der Waals surface area contributed by atoms with E-state index < -0.39 is 25.5 Å². The predicted molar refractivity (Wildman–Crippen MR) is 111 cm³/mol. The Bertz CT molecular complexity index is 714. The molecule has 1 heterocycles. The molecule has 2 aliphatic rings. The third-order valence-corrected chi connectivity index (χ3v) is 5.88. The number of fused-ring (bicyclic) bond motifs is 1. The normalized spacial score (nSPS) is 26.1. The zero-order chi connectivity index (χ0) is 21.6. The van der Waals surface area contributed by atoms with Gasteiger partial charge in [0.2, 0.25) is 5.91 Å². The fourth-order valence-electron chi connectivity index (χ4n) is 4.26. The molecule has 3 rings (SSSR count). The summed E-state index contributed by atoms with van der Waals surface area (Å²) < 4.78 is 10.7. The number of para-hydroxylation sites is 1. The summed E-state index contributed by atoms with van der Waals surface area (Å²) in [5.74, 6) is -0.391. The molecule has 0 saturated heterocycles. The second-order valence-electron chi connectivity index (χ2n) is 8.19. The van der Waals surface area contributed by atoms with Crippen LogP contribution < -0.4 is 21.0 Å².